The fraction of sp³-hybridized carbons (Fsp3) is 0.462. The van der Waals surface area contributed by atoms with Crippen molar-refractivity contribution in [2.45, 2.75) is 39.2 Å². The topological polar surface area (TPSA) is 98.3 Å². The molecule has 19 heavy (non-hydrogen) atoms. The summed E-state index contributed by atoms with van der Waals surface area (Å²) in [6.07, 6.45) is 0.831. The van der Waals surface area contributed by atoms with Crippen molar-refractivity contribution in [3.05, 3.63) is 33.9 Å². The minimum absolute atomic E-state index is 0.00282. The van der Waals surface area contributed by atoms with Crippen LogP contribution in [0.15, 0.2) is 18.2 Å². The van der Waals surface area contributed by atoms with E-state index in [1.807, 2.05) is 13.8 Å². The molecule has 6 heteroatoms. The van der Waals surface area contributed by atoms with E-state index in [2.05, 4.69) is 5.32 Å². The molecule has 1 rings (SSSR count). The van der Waals surface area contributed by atoms with Crippen molar-refractivity contribution in [2.75, 3.05) is 5.32 Å². The van der Waals surface area contributed by atoms with Gasteiger partial charge in [0.05, 0.1) is 4.92 Å². The molecule has 0 atom stereocenters. The maximum absolute atomic E-state index is 11.7. The molecule has 1 amide bonds. The Morgan fingerprint density at radius 2 is 2.11 bits per heavy atom. The number of hydrogen-bond acceptors (Lipinski definition) is 4. The summed E-state index contributed by atoms with van der Waals surface area (Å²) >= 11 is 0. The van der Waals surface area contributed by atoms with Gasteiger partial charge in [0.2, 0.25) is 5.91 Å². The molecule has 6 nitrogen and oxygen atoms in total. The van der Waals surface area contributed by atoms with Gasteiger partial charge in [-0.05, 0) is 33.3 Å². The van der Waals surface area contributed by atoms with Gasteiger partial charge in [0.25, 0.3) is 5.69 Å². The zero-order valence-electron chi connectivity index (χ0n) is 11.4. The lowest BCUT2D eigenvalue weighted by molar-refractivity contribution is -0.385. The zero-order valence-corrected chi connectivity index (χ0v) is 11.4. The van der Waals surface area contributed by atoms with Crippen LogP contribution in [-0.4, -0.2) is 16.4 Å². The lowest BCUT2D eigenvalue weighted by Gasteiger charge is -2.17. The summed E-state index contributed by atoms with van der Waals surface area (Å²) in [6, 6.07) is 4.62. The number of benzene rings is 1. The Kier molecular flexibility index (Phi) is 4.61. The number of nitrogens with two attached hydrogens (primary N) is 1. The lowest BCUT2D eigenvalue weighted by atomic mass is 10.00. The van der Waals surface area contributed by atoms with Gasteiger partial charge in [0.15, 0.2) is 0 Å². The molecule has 0 heterocycles. The van der Waals surface area contributed by atoms with E-state index in [4.69, 9.17) is 5.73 Å². The highest BCUT2D eigenvalue weighted by molar-refractivity contribution is 5.91. The van der Waals surface area contributed by atoms with Crippen LogP contribution < -0.4 is 11.1 Å². The van der Waals surface area contributed by atoms with Crippen LogP contribution in [0.1, 0.15) is 32.3 Å². The maximum Gasteiger partial charge on any atom is 0.274 e. The number of nitro benzene ring substituents is 1. The van der Waals surface area contributed by atoms with E-state index in [1.54, 1.807) is 19.1 Å². The van der Waals surface area contributed by atoms with Crippen LogP contribution in [0.2, 0.25) is 0 Å². The molecule has 104 valence electrons. The SMILES string of the molecule is Cc1ccc(NC(=O)CCC(C)(C)N)cc1[N+](=O)[O-]. The van der Waals surface area contributed by atoms with Crippen molar-refractivity contribution < 1.29 is 9.72 Å². The third-order valence-corrected chi connectivity index (χ3v) is 2.69. The molecule has 0 fully saturated rings. The number of carbonyl (C=O) groups excluding carboxylic acids is 1. The number of aryl methyl sites for hydroxylation is 1. The monoisotopic (exact) mass is 265 g/mol. The second-order valence-corrected chi connectivity index (χ2v) is 5.30. The second kappa shape index (κ2) is 5.79. The smallest absolute Gasteiger partial charge is 0.274 e. The van der Waals surface area contributed by atoms with E-state index in [9.17, 15) is 14.9 Å². The van der Waals surface area contributed by atoms with Crippen LogP contribution in [0.4, 0.5) is 11.4 Å². The Bertz CT molecular complexity index is 492. The number of carbonyl (C=O) groups is 1. The Hall–Kier alpha value is -1.95. The minimum Gasteiger partial charge on any atom is -0.326 e. The minimum atomic E-state index is -0.464. The Morgan fingerprint density at radius 3 is 2.63 bits per heavy atom. The second-order valence-electron chi connectivity index (χ2n) is 5.30. The van der Waals surface area contributed by atoms with Crippen LogP contribution in [0.5, 0.6) is 0 Å². The van der Waals surface area contributed by atoms with Crippen LogP contribution in [-0.2, 0) is 4.79 Å². The van der Waals surface area contributed by atoms with Crippen LogP contribution in [0.25, 0.3) is 0 Å². The van der Waals surface area contributed by atoms with Gasteiger partial charge in [-0.3, -0.25) is 14.9 Å². The molecule has 0 aliphatic heterocycles. The highest BCUT2D eigenvalue weighted by atomic mass is 16.6. The van der Waals surface area contributed by atoms with Crippen molar-refractivity contribution >= 4 is 17.3 Å². The largest absolute Gasteiger partial charge is 0.326 e. The number of nitrogens with one attached hydrogen (secondary N) is 1. The Balaban J connectivity index is 2.70. The first-order chi connectivity index (χ1) is 8.69. The molecule has 0 aromatic heterocycles. The number of amides is 1. The fourth-order valence-electron chi connectivity index (χ4n) is 1.54. The molecule has 0 unspecified atom stereocenters. The van der Waals surface area contributed by atoms with E-state index in [-0.39, 0.29) is 18.0 Å². The molecule has 0 aliphatic carbocycles. The molecule has 1 aromatic carbocycles. The quantitative estimate of drug-likeness (QED) is 0.630. The highest BCUT2D eigenvalue weighted by Gasteiger charge is 2.15. The van der Waals surface area contributed by atoms with Crippen LogP contribution >= 0.6 is 0 Å². The van der Waals surface area contributed by atoms with Gasteiger partial charge in [-0.2, -0.15) is 0 Å². The van der Waals surface area contributed by atoms with Crippen molar-refractivity contribution in [1.29, 1.82) is 0 Å². The molecule has 3 N–H and O–H groups in total. The standard InChI is InChI=1S/C13H19N3O3/c1-9-4-5-10(8-11(9)16(18)19)15-12(17)6-7-13(2,3)14/h4-5,8H,6-7,14H2,1-3H3,(H,15,17). The molecular weight excluding hydrogens is 246 g/mol. The van der Waals surface area contributed by atoms with Gasteiger partial charge < -0.3 is 11.1 Å². The van der Waals surface area contributed by atoms with Gasteiger partial charge >= 0.3 is 0 Å². The summed E-state index contributed by atoms with van der Waals surface area (Å²) in [5.74, 6) is -0.198. The molecule has 0 saturated carbocycles. The summed E-state index contributed by atoms with van der Waals surface area (Å²) in [5, 5.41) is 13.4. The zero-order chi connectivity index (χ0) is 14.6. The van der Waals surface area contributed by atoms with Gasteiger partial charge in [0.1, 0.15) is 0 Å². The first-order valence-corrected chi connectivity index (χ1v) is 6.03. The number of nitro groups is 1. The average molecular weight is 265 g/mol. The van der Waals surface area contributed by atoms with Gasteiger partial charge in [-0.25, -0.2) is 0 Å². The number of hydrogen-bond donors (Lipinski definition) is 2. The summed E-state index contributed by atoms with van der Waals surface area (Å²) in [6.45, 7) is 5.34. The van der Waals surface area contributed by atoms with Crippen LogP contribution in [0.3, 0.4) is 0 Å². The predicted molar refractivity (Wildman–Crippen MR) is 74.0 cm³/mol. The van der Waals surface area contributed by atoms with Gasteiger partial charge in [-0.15, -0.1) is 0 Å². The Morgan fingerprint density at radius 1 is 1.47 bits per heavy atom. The van der Waals surface area contributed by atoms with Crippen LogP contribution in [0, 0.1) is 17.0 Å². The first-order valence-electron chi connectivity index (χ1n) is 6.03. The third kappa shape index (κ3) is 5.05. The third-order valence-electron chi connectivity index (χ3n) is 2.69. The van der Waals surface area contributed by atoms with E-state index in [1.165, 1.54) is 6.07 Å². The number of anilines is 1. The molecule has 0 aliphatic rings. The van der Waals surface area contributed by atoms with E-state index < -0.39 is 10.5 Å². The average Bonchev–Trinajstić information content (AvgIpc) is 2.28. The highest BCUT2D eigenvalue weighted by Crippen LogP contribution is 2.22. The fourth-order valence-corrected chi connectivity index (χ4v) is 1.54. The van der Waals surface area contributed by atoms with E-state index in [0.717, 1.165) is 0 Å². The Labute approximate surface area is 112 Å². The molecular formula is C13H19N3O3. The molecule has 0 bridgehead atoms. The first kappa shape index (κ1) is 15.1. The summed E-state index contributed by atoms with van der Waals surface area (Å²) in [4.78, 5) is 22.0. The number of nitrogens with zero attached hydrogens (tertiary/aromatic N) is 1. The molecule has 0 saturated heterocycles. The van der Waals surface area contributed by atoms with Crippen molar-refractivity contribution in [2.24, 2.45) is 5.73 Å². The molecule has 0 spiro atoms. The summed E-state index contributed by atoms with van der Waals surface area (Å²) < 4.78 is 0. The normalized spacial score (nSPS) is 11.2. The van der Waals surface area contributed by atoms with E-state index in [0.29, 0.717) is 17.7 Å². The summed E-state index contributed by atoms with van der Waals surface area (Å²) in [5.41, 5.74) is 6.37. The molecule has 0 radical (unpaired) electrons. The number of rotatable bonds is 5. The maximum atomic E-state index is 11.7. The lowest BCUT2D eigenvalue weighted by Crippen LogP contribution is -2.33. The van der Waals surface area contributed by atoms with Crippen molar-refractivity contribution in [3.8, 4) is 0 Å². The van der Waals surface area contributed by atoms with Gasteiger partial charge in [0, 0.05) is 29.3 Å². The van der Waals surface area contributed by atoms with Crippen molar-refractivity contribution in [1.82, 2.24) is 0 Å². The molecule has 1 aromatic rings. The predicted octanol–water partition coefficient (Wildman–Crippen LogP) is 2.36. The summed E-state index contributed by atoms with van der Waals surface area (Å²) in [7, 11) is 0. The van der Waals surface area contributed by atoms with Gasteiger partial charge in [-0.1, -0.05) is 6.07 Å². The van der Waals surface area contributed by atoms with E-state index >= 15 is 0 Å². The van der Waals surface area contributed by atoms with Crippen molar-refractivity contribution in [3.63, 3.8) is 0 Å².